The van der Waals surface area contributed by atoms with E-state index in [1.165, 1.54) is 17.1 Å². The van der Waals surface area contributed by atoms with Crippen LogP contribution in [-0.4, -0.2) is 40.1 Å². The maximum absolute atomic E-state index is 13.2. The van der Waals surface area contributed by atoms with E-state index in [1.54, 1.807) is 32.4 Å². The molecule has 0 aliphatic heterocycles. The molecule has 7 heteroatoms. The van der Waals surface area contributed by atoms with Crippen molar-refractivity contribution in [3.05, 3.63) is 70.9 Å². The van der Waals surface area contributed by atoms with E-state index in [4.69, 9.17) is 0 Å². The molecular weight excluding hydrogens is 383 g/mol. The molecule has 30 heavy (non-hydrogen) atoms. The van der Waals surface area contributed by atoms with Crippen LogP contribution in [0.4, 0.5) is 4.39 Å². The number of rotatable bonds is 5. The molecule has 0 fully saturated rings. The number of fused-ring (bicyclic) bond motifs is 1. The molecule has 2 heterocycles. The average Bonchev–Trinajstić information content (AvgIpc) is 3.24. The molecule has 2 N–H and O–H groups in total. The molecule has 0 atom stereocenters. The van der Waals surface area contributed by atoms with Gasteiger partial charge in [-0.2, -0.15) is 0 Å². The van der Waals surface area contributed by atoms with E-state index in [1.807, 2.05) is 6.07 Å². The lowest BCUT2D eigenvalue weighted by atomic mass is 10.0. The molecule has 3 aromatic rings. The van der Waals surface area contributed by atoms with E-state index in [-0.39, 0.29) is 17.3 Å². The SMILES string of the molecule is CN(C)NC(=O)c1nc(C2=CCCC2)c2cc(Cc3ccc(F)cc3)cnc2c1O. The third kappa shape index (κ3) is 4.02. The van der Waals surface area contributed by atoms with E-state index in [2.05, 4.69) is 21.5 Å². The number of hydrogen-bond acceptors (Lipinski definition) is 5. The molecule has 1 aliphatic carbocycles. The van der Waals surface area contributed by atoms with Crippen molar-refractivity contribution in [3.8, 4) is 5.75 Å². The smallest absolute Gasteiger partial charge is 0.288 e. The van der Waals surface area contributed by atoms with Crippen LogP contribution >= 0.6 is 0 Å². The number of pyridine rings is 2. The van der Waals surface area contributed by atoms with Crippen molar-refractivity contribution in [2.45, 2.75) is 25.7 Å². The zero-order valence-electron chi connectivity index (χ0n) is 16.9. The van der Waals surface area contributed by atoms with Crippen molar-refractivity contribution in [1.29, 1.82) is 0 Å². The van der Waals surface area contributed by atoms with E-state index in [9.17, 15) is 14.3 Å². The highest BCUT2D eigenvalue weighted by atomic mass is 19.1. The Morgan fingerprint density at radius 1 is 1.23 bits per heavy atom. The highest BCUT2D eigenvalue weighted by molar-refractivity contribution is 6.03. The Bertz CT molecular complexity index is 1140. The Balaban J connectivity index is 1.82. The van der Waals surface area contributed by atoms with Gasteiger partial charge in [-0.1, -0.05) is 18.2 Å². The van der Waals surface area contributed by atoms with Gasteiger partial charge in [0.1, 0.15) is 11.3 Å². The van der Waals surface area contributed by atoms with Gasteiger partial charge in [0.2, 0.25) is 0 Å². The highest BCUT2D eigenvalue weighted by Gasteiger charge is 2.23. The quantitative estimate of drug-likeness (QED) is 0.630. The van der Waals surface area contributed by atoms with Crippen LogP contribution < -0.4 is 5.43 Å². The molecule has 1 amide bonds. The summed E-state index contributed by atoms with van der Waals surface area (Å²) in [5, 5.41) is 13.0. The Morgan fingerprint density at radius 3 is 2.67 bits per heavy atom. The van der Waals surface area contributed by atoms with Crippen LogP contribution in [0.15, 0.2) is 42.6 Å². The number of benzene rings is 1. The molecule has 0 spiro atoms. The fraction of sp³-hybridized carbons (Fsp3) is 0.261. The topological polar surface area (TPSA) is 78.4 Å². The number of allylic oxidation sites excluding steroid dienone is 2. The Hall–Kier alpha value is -3.32. The molecule has 154 valence electrons. The van der Waals surface area contributed by atoms with Crippen molar-refractivity contribution >= 4 is 22.4 Å². The van der Waals surface area contributed by atoms with Gasteiger partial charge in [0, 0.05) is 25.7 Å². The molecular formula is C23H23FN4O2. The molecule has 0 radical (unpaired) electrons. The molecule has 2 aromatic heterocycles. The first-order chi connectivity index (χ1) is 14.4. The second-order valence-corrected chi connectivity index (χ2v) is 7.66. The number of aromatic nitrogens is 2. The van der Waals surface area contributed by atoms with E-state index >= 15 is 0 Å². The zero-order chi connectivity index (χ0) is 21.3. The molecule has 0 saturated carbocycles. The van der Waals surface area contributed by atoms with Crippen molar-refractivity contribution in [2.24, 2.45) is 0 Å². The summed E-state index contributed by atoms with van der Waals surface area (Å²) in [5.41, 5.74) is 6.54. The van der Waals surface area contributed by atoms with Gasteiger partial charge in [-0.25, -0.2) is 14.4 Å². The summed E-state index contributed by atoms with van der Waals surface area (Å²) in [6, 6.07) is 8.29. The second-order valence-electron chi connectivity index (χ2n) is 7.66. The number of nitrogens with one attached hydrogen (secondary N) is 1. The number of halogens is 1. The lowest BCUT2D eigenvalue weighted by molar-refractivity contribution is 0.0848. The van der Waals surface area contributed by atoms with Crippen molar-refractivity contribution in [3.63, 3.8) is 0 Å². The summed E-state index contributed by atoms with van der Waals surface area (Å²) in [7, 11) is 3.38. The lowest BCUT2D eigenvalue weighted by Gasteiger charge is -2.15. The van der Waals surface area contributed by atoms with Crippen molar-refractivity contribution in [2.75, 3.05) is 14.1 Å². The first-order valence-electron chi connectivity index (χ1n) is 9.86. The maximum Gasteiger partial charge on any atom is 0.288 e. The minimum Gasteiger partial charge on any atom is -0.504 e. The number of carbonyl (C=O) groups is 1. The average molecular weight is 406 g/mol. The summed E-state index contributed by atoms with van der Waals surface area (Å²) in [6.07, 6.45) is 7.22. The number of amides is 1. The largest absolute Gasteiger partial charge is 0.504 e. The minimum absolute atomic E-state index is 0.0437. The molecule has 0 saturated heterocycles. The molecule has 1 aliphatic rings. The van der Waals surface area contributed by atoms with Crippen molar-refractivity contribution in [1.82, 2.24) is 20.4 Å². The van der Waals surface area contributed by atoms with Crippen LogP contribution in [0.5, 0.6) is 5.75 Å². The van der Waals surface area contributed by atoms with Gasteiger partial charge in [0.05, 0.1) is 5.69 Å². The standard InChI is InChI=1S/C23H23FN4O2/c1-28(2)27-23(30)21-22(29)20-18(19(26-21)16-5-3-4-6-16)12-15(13-25-20)11-14-7-9-17(24)10-8-14/h5,7-10,12-13,29H,3-4,6,11H2,1-2H3,(H,27,30). The van der Waals surface area contributed by atoms with Gasteiger partial charge in [0.25, 0.3) is 5.91 Å². The number of hydrazine groups is 1. The first-order valence-corrected chi connectivity index (χ1v) is 9.86. The number of carbonyl (C=O) groups excluding carboxylic acids is 1. The van der Waals surface area contributed by atoms with Gasteiger partial charge in [0.15, 0.2) is 11.4 Å². The van der Waals surface area contributed by atoms with Gasteiger partial charge < -0.3 is 5.11 Å². The summed E-state index contributed by atoms with van der Waals surface area (Å²) in [4.78, 5) is 21.6. The summed E-state index contributed by atoms with van der Waals surface area (Å²) in [5.74, 6) is -1.00. The Labute approximate surface area is 174 Å². The van der Waals surface area contributed by atoms with Crippen molar-refractivity contribution < 1.29 is 14.3 Å². The third-order valence-corrected chi connectivity index (χ3v) is 5.08. The number of hydrogen-bond donors (Lipinski definition) is 2. The third-order valence-electron chi connectivity index (χ3n) is 5.08. The molecule has 6 nitrogen and oxygen atoms in total. The normalized spacial score (nSPS) is 13.7. The number of aromatic hydroxyl groups is 1. The monoisotopic (exact) mass is 406 g/mol. The number of nitrogens with zero attached hydrogens (tertiary/aromatic N) is 3. The van der Waals surface area contributed by atoms with E-state index in [0.29, 0.717) is 23.0 Å². The molecule has 4 rings (SSSR count). The van der Waals surface area contributed by atoms with Crippen LogP contribution in [0.2, 0.25) is 0 Å². The van der Waals surface area contributed by atoms with E-state index in [0.717, 1.165) is 36.0 Å². The highest BCUT2D eigenvalue weighted by Crippen LogP contribution is 2.36. The Kier molecular flexibility index (Phi) is 5.46. The Morgan fingerprint density at radius 2 is 2.00 bits per heavy atom. The molecule has 0 unspecified atom stereocenters. The lowest BCUT2D eigenvalue weighted by Crippen LogP contribution is -2.36. The molecule has 1 aromatic carbocycles. The molecule has 0 bridgehead atoms. The predicted octanol–water partition coefficient (Wildman–Crippen LogP) is 3.84. The van der Waals surface area contributed by atoms with Crippen LogP contribution in [0, 0.1) is 5.82 Å². The van der Waals surface area contributed by atoms with Crippen LogP contribution in [0.3, 0.4) is 0 Å². The summed E-state index contributed by atoms with van der Waals surface area (Å²) in [6.45, 7) is 0. The van der Waals surface area contributed by atoms with Crippen LogP contribution in [0.25, 0.3) is 16.5 Å². The van der Waals surface area contributed by atoms with Gasteiger partial charge in [-0.15, -0.1) is 0 Å². The van der Waals surface area contributed by atoms with E-state index < -0.39 is 5.91 Å². The van der Waals surface area contributed by atoms with Gasteiger partial charge >= 0.3 is 0 Å². The van der Waals surface area contributed by atoms with Crippen LogP contribution in [-0.2, 0) is 6.42 Å². The first kappa shape index (κ1) is 20.0. The van der Waals surface area contributed by atoms with Gasteiger partial charge in [-0.05, 0) is 60.6 Å². The predicted molar refractivity (Wildman–Crippen MR) is 113 cm³/mol. The fourth-order valence-electron chi connectivity index (χ4n) is 3.69. The zero-order valence-corrected chi connectivity index (χ0v) is 16.9. The van der Waals surface area contributed by atoms with Gasteiger partial charge in [-0.3, -0.25) is 15.2 Å². The minimum atomic E-state index is -0.489. The summed E-state index contributed by atoms with van der Waals surface area (Å²) < 4.78 is 13.2. The fourth-order valence-corrected chi connectivity index (χ4v) is 3.69. The second kappa shape index (κ2) is 8.20. The maximum atomic E-state index is 13.2. The summed E-state index contributed by atoms with van der Waals surface area (Å²) >= 11 is 0. The van der Waals surface area contributed by atoms with Crippen LogP contribution in [0.1, 0.15) is 46.6 Å².